The van der Waals surface area contributed by atoms with E-state index in [0.717, 1.165) is 23.5 Å². The van der Waals surface area contributed by atoms with Crippen molar-refractivity contribution in [3.05, 3.63) is 58.4 Å². The Balaban J connectivity index is 1.78. The molecule has 1 heterocycles. The van der Waals surface area contributed by atoms with Crippen LogP contribution in [-0.2, 0) is 11.3 Å². The number of hydrogen-bond acceptors (Lipinski definition) is 3. The fourth-order valence-corrected chi connectivity index (χ4v) is 4.99. The van der Waals surface area contributed by atoms with Crippen molar-refractivity contribution in [3.8, 4) is 0 Å². The molecule has 3 nitrogen and oxygen atoms in total. The number of aromatic nitrogens is 1. The van der Waals surface area contributed by atoms with Crippen molar-refractivity contribution < 1.29 is 4.79 Å². The minimum absolute atomic E-state index is 0.0416. The zero-order valence-electron chi connectivity index (χ0n) is 17.1. The molecule has 148 valence electrons. The predicted molar refractivity (Wildman–Crippen MR) is 121 cm³/mol. The minimum atomic E-state index is -0.0416. The summed E-state index contributed by atoms with van der Waals surface area (Å²) in [5.41, 5.74) is 3.75. The second-order valence-electron chi connectivity index (χ2n) is 7.34. The van der Waals surface area contributed by atoms with Crippen molar-refractivity contribution >= 4 is 39.2 Å². The van der Waals surface area contributed by atoms with Crippen molar-refractivity contribution in [3.63, 3.8) is 0 Å². The Morgan fingerprint density at radius 1 is 1.18 bits per heavy atom. The highest BCUT2D eigenvalue weighted by molar-refractivity contribution is 7.99. The molecule has 0 unspecified atom stereocenters. The number of thioether (sulfide) groups is 1. The number of amides is 1. The van der Waals surface area contributed by atoms with E-state index in [9.17, 15) is 4.79 Å². The van der Waals surface area contributed by atoms with Gasteiger partial charge in [0.15, 0.2) is 4.80 Å². The van der Waals surface area contributed by atoms with Crippen molar-refractivity contribution in [2.45, 2.75) is 57.9 Å². The molecule has 0 aliphatic rings. The monoisotopic (exact) mass is 412 g/mol. The molecule has 3 rings (SSSR count). The maximum absolute atomic E-state index is 12.5. The van der Waals surface area contributed by atoms with Crippen molar-refractivity contribution in [1.29, 1.82) is 0 Å². The molecule has 1 amide bonds. The molecule has 0 saturated carbocycles. The number of carbonyl (C=O) groups is 1. The number of thiazole rings is 1. The molecule has 0 bridgehead atoms. The summed E-state index contributed by atoms with van der Waals surface area (Å²) in [6.07, 6.45) is 1.47. The topological polar surface area (TPSA) is 34.4 Å². The fraction of sp³-hybridized carbons (Fsp3) is 0.391. The number of hydrogen-bond donors (Lipinski definition) is 0. The number of nitrogens with zero attached hydrogens (tertiary/aromatic N) is 2. The molecule has 28 heavy (non-hydrogen) atoms. The van der Waals surface area contributed by atoms with E-state index in [1.807, 2.05) is 0 Å². The summed E-state index contributed by atoms with van der Waals surface area (Å²) in [7, 11) is 0. The summed E-state index contributed by atoms with van der Waals surface area (Å²) < 4.78 is 3.40. The van der Waals surface area contributed by atoms with Crippen LogP contribution in [0.3, 0.4) is 0 Å². The lowest BCUT2D eigenvalue weighted by Crippen LogP contribution is -2.17. The Morgan fingerprint density at radius 2 is 1.93 bits per heavy atom. The first-order valence-corrected chi connectivity index (χ1v) is 11.7. The van der Waals surface area contributed by atoms with Gasteiger partial charge in [0.1, 0.15) is 0 Å². The molecule has 0 atom stereocenters. The number of rotatable bonds is 7. The largest absolute Gasteiger partial charge is 0.316 e. The maximum atomic E-state index is 12.5. The normalized spacial score (nSPS) is 12.2. The molecular formula is C23H28N2OS2. The Kier molecular flexibility index (Phi) is 7.13. The van der Waals surface area contributed by atoms with Crippen LogP contribution in [0, 0.1) is 6.92 Å². The second kappa shape index (κ2) is 9.57. The Hall–Kier alpha value is -1.85. The van der Waals surface area contributed by atoms with Gasteiger partial charge in [0.05, 0.1) is 10.2 Å². The highest BCUT2D eigenvalue weighted by Crippen LogP contribution is 2.24. The second-order valence-corrected chi connectivity index (χ2v) is 9.51. The van der Waals surface area contributed by atoms with Crippen LogP contribution in [0.5, 0.6) is 0 Å². The van der Waals surface area contributed by atoms with Crippen LogP contribution in [0.25, 0.3) is 10.2 Å². The third-order valence-corrected chi connectivity index (χ3v) is 6.70. The van der Waals surface area contributed by atoms with E-state index < -0.39 is 0 Å². The van der Waals surface area contributed by atoms with Gasteiger partial charge in [-0.1, -0.05) is 55.9 Å². The van der Waals surface area contributed by atoms with Crippen molar-refractivity contribution in [1.82, 2.24) is 4.57 Å². The first-order chi connectivity index (χ1) is 13.5. The van der Waals surface area contributed by atoms with E-state index in [1.165, 1.54) is 26.2 Å². The Morgan fingerprint density at radius 3 is 2.61 bits per heavy atom. The molecule has 1 aromatic heterocycles. The molecule has 5 heteroatoms. The van der Waals surface area contributed by atoms with Crippen LogP contribution in [0.4, 0.5) is 0 Å². The van der Waals surface area contributed by atoms with Crippen LogP contribution in [0.1, 0.15) is 50.7 Å². The van der Waals surface area contributed by atoms with Crippen LogP contribution in [0.2, 0.25) is 0 Å². The smallest absolute Gasteiger partial charge is 0.249 e. The number of fused-ring (bicyclic) bond motifs is 1. The summed E-state index contributed by atoms with van der Waals surface area (Å²) in [6, 6.07) is 15.0. The number of carbonyl (C=O) groups excluding carboxylic acids is 1. The molecule has 0 radical (unpaired) electrons. The highest BCUT2D eigenvalue weighted by Gasteiger charge is 2.10. The van der Waals surface area contributed by atoms with Gasteiger partial charge >= 0.3 is 0 Å². The van der Waals surface area contributed by atoms with Crippen LogP contribution >= 0.6 is 23.1 Å². The standard InChI is InChI=1S/C23H28N2OS2/c1-5-13-25-20-11-8-18(16(2)3)15-21(20)28-23(25)24-22(26)12-14-27-19-9-6-17(4)7-10-19/h6-11,15-16H,5,12-14H2,1-4H3. The molecule has 0 aliphatic carbocycles. The first kappa shape index (κ1) is 20.9. The predicted octanol–water partition coefficient (Wildman–Crippen LogP) is 6.15. The molecule has 0 saturated heterocycles. The fourth-order valence-electron chi connectivity index (χ4n) is 3.03. The average Bonchev–Trinajstić information content (AvgIpc) is 3.00. The van der Waals surface area contributed by atoms with E-state index in [-0.39, 0.29) is 5.91 Å². The lowest BCUT2D eigenvalue weighted by atomic mass is 10.0. The van der Waals surface area contributed by atoms with E-state index >= 15 is 0 Å². The number of benzene rings is 2. The third-order valence-electron chi connectivity index (χ3n) is 4.65. The molecule has 0 fully saturated rings. The zero-order valence-corrected chi connectivity index (χ0v) is 18.7. The van der Waals surface area contributed by atoms with Crippen molar-refractivity contribution in [2.75, 3.05) is 5.75 Å². The van der Waals surface area contributed by atoms with E-state index in [1.54, 1.807) is 23.1 Å². The minimum Gasteiger partial charge on any atom is -0.316 e. The summed E-state index contributed by atoms with van der Waals surface area (Å²) >= 11 is 3.33. The van der Waals surface area contributed by atoms with Gasteiger partial charge in [-0.2, -0.15) is 4.99 Å². The lowest BCUT2D eigenvalue weighted by Gasteiger charge is -2.06. The summed E-state index contributed by atoms with van der Waals surface area (Å²) in [5.74, 6) is 1.20. The molecule has 0 spiro atoms. The molecule has 0 aliphatic heterocycles. The molecule has 2 aromatic carbocycles. The van der Waals surface area contributed by atoms with Gasteiger partial charge in [0.25, 0.3) is 0 Å². The summed E-state index contributed by atoms with van der Waals surface area (Å²) in [5, 5.41) is 0. The Bertz CT molecular complexity index is 1010. The molecular weight excluding hydrogens is 384 g/mol. The van der Waals surface area contributed by atoms with Gasteiger partial charge in [0, 0.05) is 23.6 Å². The van der Waals surface area contributed by atoms with Gasteiger partial charge in [-0.25, -0.2) is 0 Å². The van der Waals surface area contributed by atoms with E-state index in [0.29, 0.717) is 12.3 Å². The van der Waals surface area contributed by atoms with E-state index in [4.69, 9.17) is 0 Å². The summed E-state index contributed by atoms with van der Waals surface area (Å²) in [4.78, 5) is 19.0. The Labute approximate surface area is 175 Å². The molecule has 3 aromatic rings. The lowest BCUT2D eigenvalue weighted by molar-refractivity contribution is -0.117. The van der Waals surface area contributed by atoms with Gasteiger partial charge in [-0.15, -0.1) is 11.8 Å². The third kappa shape index (κ3) is 5.15. The van der Waals surface area contributed by atoms with Crippen molar-refractivity contribution in [2.24, 2.45) is 4.99 Å². The van der Waals surface area contributed by atoms with Crippen LogP contribution < -0.4 is 4.80 Å². The molecule has 0 N–H and O–H groups in total. The highest BCUT2D eigenvalue weighted by atomic mass is 32.2. The maximum Gasteiger partial charge on any atom is 0.249 e. The van der Waals surface area contributed by atoms with Gasteiger partial charge in [-0.3, -0.25) is 4.79 Å². The van der Waals surface area contributed by atoms with Gasteiger partial charge < -0.3 is 4.57 Å². The number of aryl methyl sites for hydroxylation is 2. The van der Waals surface area contributed by atoms with Gasteiger partial charge in [0.2, 0.25) is 5.91 Å². The SMILES string of the molecule is CCCn1c(=NC(=O)CCSc2ccc(C)cc2)sc2cc(C(C)C)ccc21. The van der Waals surface area contributed by atoms with Crippen LogP contribution in [-0.4, -0.2) is 16.2 Å². The first-order valence-electron chi connectivity index (χ1n) is 9.88. The van der Waals surface area contributed by atoms with E-state index in [2.05, 4.69) is 79.7 Å². The summed E-state index contributed by atoms with van der Waals surface area (Å²) in [6.45, 7) is 9.52. The average molecular weight is 413 g/mol. The van der Waals surface area contributed by atoms with Crippen LogP contribution in [0.15, 0.2) is 52.4 Å². The van der Waals surface area contributed by atoms with Gasteiger partial charge in [-0.05, 0) is 49.1 Å². The zero-order chi connectivity index (χ0) is 20.1. The quantitative estimate of drug-likeness (QED) is 0.436.